The first-order chi connectivity index (χ1) is 8.56. The van der Waals surface area contributed by atoms with Crippen molar-refractivity contribution in [1.29, 1.82) is 0 Å². The zero-order valence-corrected chi connectivity index (χ0v) is 10.2. The molecule has 0 fully saturated rings. The van der Waals surface area contributed by atoms with E-state index in [2.05, 4.69) is 4.98 Å². The Hall–Kier alpha value is -2.14. The second-order valence-electron chi connectivity index (χ2n) is 3.61. The van der Waals surface area contributed by atoms with Crippen molar-refractivity contribution in [3.63, 3.8) is 0 Å². The summed E-state index contributed by atoms with van der Waals surface area (Å²) in [6.45, 7) is 1.87. The van der Waals surface area contributed by atoms with Gasteiger partial charge < -0.3 is 4.74 Å². The average molecular weight is 265 g/mol. The highest BCUT2D eigenvalue weighted by Crippen LogP contribution is 2.27. The summed E-state index contributed by atoms with van der Waals surface area (Å²) < 4.78 is 5.48. The van der Waals surface area contributed by atoms with E-state index in [1.54, 1.807) is 12.1 Å². The second kappa shape index (κ2) is 5.01. The van der Waals surface area contributed by atoms with Gasteiger partial charge in [-0.1, -0.05) is 29.8 Å². The lowest BCUT2D eigenvalue weighted by atomic mass is 10.2. The molecule has 5 nitrogen and oxygen atoms in total. The van der Waals surface area contributed by atoms with Gasteiger partial charge in [0.2, 0.25) is 5.88 Å². The van der Waals surface area contributed by atoms with Gasteiger partial charge in [-0.05, 0) is 18.6 Å². The first-order valence-electron chi connectivity index (χ1n) is 5.12. The number of nitrogens with zero attached hydrogens (tertiary/aromatic N) is 2. The summed E-state index contributed by atoms with van der Waals surface area (Å²) in [6.07, 6.45) is 0. The van der Waals surface area contributed by atoms with Gasteiger partial charge in [-0.3, -0.25) is 10.1 Å². The Labute approximate surface area is 108 Å². The van der Waals surface area contributed by atoms with Crippen molar-refractivity contribution in [2.75, 3.05) is 0 Å². The molecule has 0 aliphatic rings. The normalized spacial score (nSPS) is 10.1. The number of ether oxygens (including phenoxy) is 1. The molecule has 6 heteroatoms. The lowest BCUT2D eigenvalue weighted by Gasteiger charge is -2.07. The third-order valence-corrected chi connectivity index (χ3v) is 2.47. The smallest absolute Gasteiger partial charge is 0.277 e. The van der Waals surface area contributed by atoms with Crippen molar-refractivity contribution in [3.05, 3.63) is 57.2 Å². The van der Waals surface area contributed by atoms with Crippen molar-refractivity contribution in [2.45, 2.75) is 6.92 Å². The van der Waals surface area contributed by atoms with Crippen LogP contribution in [0.25, 0.3) is 0 Å². The molecule has 18 heavy (non-hydrogen) atoms. The van der Waals surface area contributed by atoms with Crippen LogP contribution in [0.15, 0.2) is 36.4 Å². The minimum atomic E-state index is -0.543. The van der Waals surface area contributed by atoms with Crippen molar-refractivity contribution in [3.8, 4) is 11.6 Å². The van der Waals surface area contributed by atoms with E-state index >= 15 is 0 Å². The molecule has 92 valence electrons. The van der Waals surface area contributed by atoms with E-state index in [0.717, 1.165) is 5.56 Å². The summed E-state index contributed by atoms with van der Waals surface area (Å²) in [7, 11) is 0. The number of benzene rings is 1. The summed E-state index contributed by atoms with van der Waals surface area (Å²) >= 11 is 5.70. The van der Waals surface area contributed by atoms with Crippen molar-refractivity contribution < 1.29 is 9.66 Å². The zero-order valence-electron chi connectivity index (χ0n) is 9.46. The highest BCUT2D eigenvalue weighted by molar-refractivity contribution is 6.29. The lowest BCUT2D eigenvalue weighted by Crippen LogP contribution is -1.94. The Balaban J connectivity index is 2.35. The predicted molar refractivity (Wildman–Crippen MR) is 67.2 cm³/mol. The summed E-state index contributed by atoms with van der Waals surface area (Å²) in [5, 5.41) is 10.7. The van der Waals surface area contributed by atoms with Crippen molar-refractivity contribution >= 4 is 17.3 Å². The topological polar surface area (TPSA) is 65.3 Å². The minimum absolute atomic E-state index is 0.0211. The van der Waals surface area contributed by atoms with E-state index in [1.165, 1.54) is 12.1 Å². The van der Waals surface area contributed by atoms with Crippen LogP contribution < -0.4 is 4.74 Å². The molecule has 0 amide bonds. The first kappa shape index (κ1) is 12.3. The molecule has 0 radical (unpaired) electrons. The van der Waals surface area contributed by atoms with E-state index in [4.69, 9.17) is 16.3 Å². The van der Waals surface area contributed by atoms with Crippen molar-refractivity contribution in [2.24, 2.45) is 0 Å². The van der Waals surface area contributed by atoms with Gasteiger partial charge in [-0.15, -0.1) is 0 Å². The van der Waals surface area contributed by atoms with E-state index in [0.29, 0.717) is 5.75 Å². The van der Waals surface area contributed by atoms with Gasteiger partial charge in [-0.2, -0.15) is 0 Å². The highest BCUT2D eigenvalue weighted by Gasteiger charge is 2.12. The number of aryl methyl sites for hydroxylation is 1. The predicted octanol–water partition coefficient (Wildman–Crippen LogP) is 3.74. The Morgan fingerprint density at radius 1 is 1.33 bits per heavy atom. The van der Waals surface area contributed by atoms with Crippen LogP contribution in [0.5, 0.6) is 11.6 Å². The van der Waals surface area contributed by atoms with Crippen LogP contribution in [-0.4, -0.2) is 9.91 Å². The van der Waals surface area contributed by atoms with Gasteiger partial charge in [0.05, 0.1) is 17.1 Å². The molecule has 0 N–H and O–H groups in total. The third kappa shape index (κ3) is 2.75. The van der Waals surface area contributed by atoms with Crippen LogP contribution in [0.4, 0.5) is 5.69 Å². The van der Waals surface area contributed by atoms with Gasteiger partial charge in [-0.25, -0.2) is 4.98 Å². The Morgan fingerprint density at radius 2 is 2.06 bits per heavy atom. The number of para-hydroxylation sites is 1. The number of pyridine rings is 1. The van der Waals surface area contributed by atoms with Gasteiger partial charge in [0, 0.05) is 0 Å². The summed E-state index contributed by atoms with van der Waals surface area (Å²) in [4.78, 5) is 14.0. The SMILES string of the molecule is Cc1ccccc1Oc1cc([N+](=O)[O-])cc(Cl)n1. The Kier molecular flexibility index (Phi) is 3.43. The second-order valence-corrected chi connectivity index (χ2v) is 4.00. The fraction of sp³-hybridized carbons (Fsp3) is 0.0833. The summed E-state index contributed by atoms with van der Waals surface area (Å²) in [6, 6.07) is 9.71. The van der Waals surface area contributed by atoms with Crippen LogP contribution in [0.1, 0.15) is 5.56 Å². The van der Waals surface area contributed by atoms with E-state index in [9.17, 15) is 10.1 Å². The number of aromatic nitrogens is 1. The quantitative estimate of drug-likeness (QED) is 0.481. The van der Waals surface area contributed by atoms with Crippen LogP contribution >= 0.6 is 11.6 Å². The number of rotatable bonds is 3. The number of hydrogen-bond donors (Lipinski definition) is 0. The van der Waals surface area contributed by atoms with Crippen molar-refractivity contribution in [1.82, 2.24) is 4.98 Å². The molecule has 2 rings (SSSR count). The molecule has 0 spiro atoms. The van der Waals surface area contributed by atoms with Crippen LogP contribution in [-0.2, 0) is 0 Å². The maximum absolute atomic E-state index is 10.7. The third-order valence-electron chi connectivity index (χ3n) is 2.27. The monoisotopic (exact) mass is 264 g/mol. The molecule has 0 unspecified atom stereocenters. The van der Waals surface area contributed by atoms with Crippen LogP contribution in [0.3, 0.4) is 0 Å². The molecule has 0 saturated carbocycles. The molecule has 0 aliphatic heterocycles. The maximum Gasteiger partial charge on any atom is 0.277 e. The molecule has 0 saturated heterocycles. The molecule has 0 aliphatic carbocycles. The number of hydrogen-bond acceptors (Lipinski definition) is 4. The number of halogens is 1. The van der Waals surface area contributed by atoms with E-state index in [1.807, 2.05) is 19.1 Å². The molecule has 1 aromatic carbocycles. The Morgan fingerprint density at radius 3 is 2.72 bits per heavy atom. The molecule has 1 aromatic heterocycles. The van der Waals surface area contributed by atoms with Gasteiger partial charge in [0.15, 0.2) is 0 Å². The van der Waals surface area contributed by atoms with Gasteiger partial charge in [0.1, 0.15) is 10.9 Å². The van der Waals surface area contributed by atoms with Crippen LogP contribution in [0, 0.1) is 17.0 Å². The van der Waals surface area contributed by atoms with Crippen LogP contribution in [0.2, 0.25) is 5.15 Å². The fourth-order valence-electron chi connectivity index (χ4n) is 1.40. The molecule has 2 aromatic rings. The minimum Gasteiger partial charge on any atom is -0.438 e. The molecular formula is C12H9ClN2O3. The summed E-state index contributed by atoms with van der Waals surface area (Å²) in [5.74, 6) is 0.685. The number of nitro groups is 1. The molecule has 1 heterocycles. The first-order valence-corrected chi connectivity index (χ1v) is 5.49. The zero-order chi connectivity index (χ0) is 13.1. The van der Waals surface area contributed by atoms with Gasteiger partial charge >= 0.3 is 0 Å². The average Bonchev–Trinajstić information content (AvgIpc) is 2.31. The van der Waals surface area contributed by atoms with E-state index in [-0.39, 0.29) is 16.7 Å². The molecular weight excluding hydrogens is 256 g/mol. The summed E-state index contributed by atoms with van der Waals surface area (Å²) in [5.41, 5.74) is 0.750. The van der Waals surface area contributed by atoms with Gasteiger partial charge in [0.25, 0.3) is 5.69 Å². The molecule has 0 bridgehead atoms. The standard InChI is InChI=1S/C12H9ClN2O3/c1-8-4-2-3-5-10(8)18-12-7-9(15(16)17)6-11(13)14-12/h2-7H,1H3. The molecule has 0 atom stereocenters. The fourth-order valence-corrected chi connectivity index (χ4v) is 1.60. The maximum atomic E-state index is 10.7. The lowest BCUT2D eigenvalue weighted by molar-refractivity contribution is -0.385. The highest BCUT2D eigenvalue weighted by atomic mass is 35.5. The Bertz CT molecular complexity index is 602. The van der Waals surface area contributed by atoms with E-state index < -0.39 is 4.92 Å². The largest absolute Gasteiger partial charge is 0.438 e.